The van der Waals surface area contributed by atoms with Crippen LogP contribution in [0.5, 0.6) is 0 Å². The summed E-state index contributed by atoms with van der Waals surface area (Å²) in [6, 6.07) is 1.97. The molecule has 0 unspecified atom stereocenters. The molecule has 1 aromatic rings. The molecule has 1 saturated heterocycles. The number of hydrogen-bond acceptors (Lipinski definition) is 4. The predicted octanol–water partition coefficient (Wildman–Crippen LogP) is 2.95. The van der Waals surface area contributed by atoms with Gasteiger partial charge < -0.3 is 10.2 Å². The van der Waals surface area contributed by atoms with Gasteiger partial charge in [0.15, 0.2) is 0 Å². The van der Waals surface area contributed by atoms with Crippen LogP contribution in [0.4, 0.5) is 0 Å². The number of carbonyl (C=O) groups excluding carboxylic acids is 2. The minimum atomic E-state index is -0.0966. The van der Waals surface area contributed by atoms with Gasteiger partial charge in [-0.05, 0) is 44.1 Å². The van der Waals surface area contributed by atoms with Crippen LogP contribution in [0.15, 0.2) is 18.5 Å². The van der Waals surface area contributed by atoms with Gasteiger partial charge in [0, 0.05) is 31.0 Å². The zero-order valence-corrected chi connectivity index (χ0v) is 16.0. The van der Waals surface area contributed by atoms with Crippen LogP contribution >= 0.6 is 0 Å². The lowest BCUT2D eigenvalue weighted by Crippen LogP contribution is -2.57. The highest BCUT2D eigenvalue weighted by molar-refractivity contribution is 5.93. The molecule has 2 amide bonds. The van der Waals surface area contributed by atoms with Crippen LogP contribution in [0.25, 0.3) is 0 Å². The quantitative estimate of drug-likeness (QED) is 0.865. The van der Waals surface area contributed by atoms with E-state index in [0.717, 1.165) is 32.2 Å². The van der Waals surface area contributed by atoms with Crippen LogP contribution in [0, 0.1) is 11.3 Å². The van der Waals surface area contributed by atoms with E-state index in [2.05, 4.69) is 20.4 Å². The second kappa shape index (κ2) is 7.95. The van der Waals surface area contributed by atoms with E-state index in [4.69, 9.17) is 0 Å². The van der Waals surface area contributed by atoms with Crippen LogP contribution in [0.3, 0.4) is 0 Å². The molecule has 3 fully saturated rings. The Labute approximate surface area is 161 Å². The van der Waals surface area contributed by atoms with Gasteiger partial charge in [-0.2, -0.15) is 10.2 Å². The van der Waals surface area contributed by atoms with E-state index in [1.807, 2.05) is 0 Å². The zero-order valence-electron chi connectivity index (χ0n) is 16.0. The van der Waals surface area contributed by atoms with Crippen molar-refractivity contribution in [2.24, 2.45) is 11.3 Å². The highest BCUT2D eigenvalue weighted by atomic mass is 16.2. The Hall–Kier alpha value is -1.98. The molecule has 0 spiro atoms. The first kappa shape index (κ1) is 18.4. The summed E-state index contributed by atoms with van der Waals surface area (Å²) >= 11 is 0. The number of piperidine rings is 1. The van der Waals surface area contributed by atoms with E-state index in [-0.39, 0.29) is 17.4 Å². The number of nitrogens with zero attached hydrogens (tertiary/aromatic N) is 3. The van der Waals surface area contributed by atoms with Crippen molar-refractivity contribution in [3.8, 4) is 0 Å². The molecule has 4 rings (SSSR count). The topological polar surface area (TPSA) is 75.2 Å². The molecule has 2 atom stereocenters. The number of likely N-dealkylation sites (tertiary alicyclic amines) is 1. The zero-order chi connectivity index (χ0) is 18.7. The van der Waals surface area contributed by atoms with Crippen LogP contribution in [0.2, 0.25) is 0 Å². The fourth-order valence-corrected chi connectivity index (χ4v) is 5.53. The number of carbonyl (C=O) groups is 2. The Morgan fingerprint density at radius 1 is 1.15 bits per heavy atom. The average Bonchev–Trinajstić information content (AvgIpc) is 3.14. The first-order valence-corrected chi connectivity index (χ1v) is 10.5. The summed E-state index contributed by atoms with van der Waals surface area (Å²) in [5, 5.41) is 10.6. The SMILES string of the molecule is O=C(NC[C@@]12CCC[C@H]1N(CC1CCCCC1)C(=O)CC2)c1ccnnc1. The fourth-order valence-electron chi connectivity index (χ4n) is 5.53. The summed E-state index contributed by atoms with van der Waals surface area (Å²) in [5.74, 6) is 0.894. The Morgan fingerprint density at radius 2 is 2.00 bits per heavy atom. The van der Waals surface area contributed by atoms with Gasteiger partial charge in [0.2, 0.25) is 5.91 Å². The van der Waals surface area contributed by atoms with Crippen molar-refractivity contribution >= 4 is 11.8 Å². The molecule has 0 bridgehead atoms. The van der Waals surface area contributed by atoms with Crippen molar-refractivity contribution in [1.82, 2.24) is 20.4 Å². The summed E-state index contributed by atoms with van der Waals surface area (Å²) in [4.78, 5) is 27.4. The number of hydrogen-bond donors (Lipinski definition) is 1. The number of amides is 2. The van der Waals surface area contributed by atoms with Gasteiger partial charge in [0.1, 0.15) is 0 Å². The van der Waals surface area contributed by atoms with Gasteiger partial charge in [-0.25, -0.2) is 0 Å². The highest BCUT2D eigenvalue weighted by Gasteiger charge is 2.50. The molecule has 27 heavy (non-hydrogen) atoms. The maximum Gasteiger partial charge on any atom is 0.252 e. The molecule has 0 radical (unpaired) electrons. The lowest BCUT2D eigenvalue weighted by atomic mass is 9.74. The average molecular weight is 370 g/mol. The fraction of sp³-hybridized carbons (Fsp3) is 0.714. The molecule has 2 saturated carbocycles. The maximum absolute atomic E-state index is 12.7. The molecular formula is C21H30N4O2. The molecule has 1 aromatic heterocycles. The molecule has 2 aliphatic carbocycles. The van der Waals surface area contributed by atoms with Crippen molar-refractivity contribution in [1.29, 1.82) is 0 Å². The maximum atomic E-state index is 12.7. The first-order valence-electron chi connectivity index (χ1n) is 10.5. The van der Waals surface area contributed by atoms with Gasteiger partial charge in [0.25, 0.3) is 5.91 Å². The predicted molar refractivity (Wildman–Crippen MR) is 102 cm³/mol. The normalized spacial score (nSPS) is 28.8. The molecule has 2 heterocycles. The van der Waals surface area contributed by atoms with E-state index in [0.29, 0.717) is 30.4 Å². The Kier molecular flexibility index (Phi) is 5.41. The summed E-state index contributed by atoms with van der Waals surface area (Å²) < 4.78 is 0. The lowest BCUT2D eigenvalue weighted by Gasteiger charge is -2.47. The highest BCUT2D eigenvalue weighted by Crippen LogP contribution is 2.48. The van der Waals surface area contributed by atoms with Crippen molar-refractivity contribution < 1.29 is 9.59 Å². The van der Waals surface area contributed by atoms with E-state index in [9.17, 15) is 9.59 Å². The molecular weight excluding hydrogens is 340 g/mol. The second-order valence-electron chi connectivity index (χ2n) is 8.63. The Balaban J connectivity index is 1.44. The van der Waals surface area contributed by atoms with Gasteiger partial charge in [-0.15, -0.1) is 0 Å². The molecule has 6 nitrogen and oxygen atoms in total. The molecule has 0 aromatic carbocycles. The van der Waals surface area contributed by atoms with Gasteiger partial charge >= 0.3 is 0 Å². The summed E-state index contributed by atoms with van der Waals surface area (Å²) in [6.45, 7) is 1.57. The van der Waals surface area contributed by atoms with Crippen molar-refractivity contribution in [3.05, 3.63) is 24.0 Å². The molecule has 6 heteroatoms. The van der Waals surface area contributed by atoms with Crippen molar-refractivity contribution in [2.45, 2.75) is 70.3 Å². The number of nitrogens with one attached hydrogen (secondary N) is 1. The van der Waals surface area contributed by atoms with E-state index in [1.54, 1.807) is 6.07 Å². The van der Waals surface area contributed by atoms with Crippen molar-refractivity contribution in [2.75, 3.05) is 13.1 Å². The minimum absolute atomic E-state index is 0.0404. The Morgan fingerprint density at radius 3 is 2.78 bits per heavy atom. The first-order chi connectivity index (χ1) is 13.2. The van der Waals surface area contributed by atoms with Crippen LogP contribution in [0.1, 0.15) is 74.6 Å². The Bertz CT molecular complexity index is 674. The third kappa shape index (κ3) is 3.85. The van der Waals surface area contributed by atoms with Crippen LogP contribution in [-0.2, 0) is 4.79 Å². The number of fused-ring (bicyclic) bond motifs is 1. The van der Waals surface area contributed by atoms with Gasteiger partial charge in [0.05, 0.1) is 18.0 Å². The van der Waals surface area contributed by atoms with Crippen LogP contribution < -0.4 is 5.32 Å². The number of aromatic nitrogens is 2. The lowest BCUT2D eigenvalue weighted by molar-refractivity contribution is -0.142. The minimum Gasteiger partial charge on any atom is -0.351 e. The number of rotatable bonds is 5. The van der Waals surface area contributed by atoms with E-state index < -0.39 is 0 Å². The molecule has 146 valence electrons. The second-order valence-corrected chi connectivity index (χ2v) is 8.63. The molecule has 3 aliphatic rings. The molecule has 1 aliphatic heterocycles. The summed E-state index contributed by atoms with van der Waals surface area (Å²) in [7, 11) is 0. The van der Waals surface area contributed by atoms with Gasteiger partial charge in [-0.3, -0.25) is 9.59 Å². The van der Waals surface area contributed by atoms with Crippen LogP contribution in [-0.4, -0.2) is 46.0 Å². The largest absolute Gasteiger partial charge is 0.351 e. The van der Waals surface area contributed by atoms with Gasteiger partial charge in [-0.1, -0.05) is 25.7 Å². The third-order valence-corrected chi connectivity index (χ3v) is 7.02. The standard InChI is InChI=1S/C21H30N4O2/c26-19-8-11-21(15-22-20(27)17-9-12-23-24-13-17)10-4-7-18(21)25(19)14-16-5-2-1-3-6-16/h9,12-13,16,18H,1-8,10-11,14-15H2,(H,22,27)/t18-,21+/m1/s1. The smallest absolute Gasteiger partial charge is 0.252 e. The van der Waals surface area contributed by atoms with E-state index in [1.165, 1.54) is 44.5 Å². The molecule has 1 N–H and O–H groups in total. The summed E-state index contributed by atoms with van der Waals surface area (Å²) in [6.07, 6.45) is 14.3. The third-order valence-electron chi connectivity index (χ3n) is 7.02. The monoisotopic (exact) mass is 370 g/mol. The van der Waals surface area contributed by atoms with E-state index >= 15 is 0 Å². The van der Waals surface area contributed by atoms with Crippen molar-refractivity contribution in [3.63, 3.8) is 0 Å². The summed E-state index contributed by atoms with van der Waals surface area (Å²) in [5.41, 5.74) is 0.584.